The summed E-state index contributed by atoms with van der Waals surface area (Å²) in [6, 6.07) is 14.3. The molecule has 0 spiro atoms. The maximum absolute atomic E-state index is 12.9. The van der Waals surface area contributed by atoms with Gasteiger partial charge in [0.1, 0.15) is 12.4 Å². The van der Waals surface area contributed by atoms with Crippen LogP contribution in [0.25, 0.3) is 0 Å². The molecule has 0 heterocycles. The lowest BCUT2D eigenvalue weighted by Gasteiger charge is -2.02. The summed E-state index contributed by atoms with van der Waals surface area (Å²) in [5.41, 5.74) is 3.03. The van der Waals surface area contributed by atoms with E-state index in [9.17, 15) is 4.39 Å². The van der Waals surface area contributed by atoms with Crippen molar-refractivity contribution in [1.29, 1.82) is 0 Å². The fraction of sp³-hybridized carbons (Fsp3) is 0.188. The molecule has 0 aromatic heterocycles. The van der Waals surface area contributed by atoms with E-state index >= 15 is 0 Å². The zero-order valence-electron chi connectivity index (χ0n) is 10.8. The molecule has 0 fully saturated rings. The number of benzene rings is 2. The van der Waals surface area contributed by atoms with E-state index in [0.29, 0.717) is 0 Å². The third-order valence-electron chi connectivity index (χ3n) is 2.82. The summed E-state index contributed by atoms with van der Waals surface area (Å²) >= 11 is 0. The van der Waals surface area contributed by atoms with Gasteiger partial charge in [0.15, 0.2) is 0 Å². The molecule has 0 aliphatic carbocycles. The van der Waals surface area contributed by atoms with Crippen LogP contribution >= 0.6 is 0 Å². The van der Waals surface area contributed by atoms with Gasteiger partial charge in [0.2, 0.25) is 0 Å². The average molecular weight is 257 g/mol. The molecule has 2 rings (SSSR count). The standard InChI is InChI=1S/C16H16FNO/c1-2-14-7-3-4-8-15(14)11-18-19-12-13-6-5-9-16(17)10-13/h3-11H,2,12H2,1H3. The second kappa shape index (κ2) is 6.69. The molecule has 2 aromatic rings. The number of oxime groups is 1. The Labute approximate surface area is 112 Å². The predicted octanol–water partition coefficient (Wildman–Crippen LogP) is 3.94. The Morgan fingerprint density at radius 2 is 2.00 bits per heavy atom. The molecule has 2 aromatic carbocycles. The maximum Gasteiger partial charge on any atom is 0.142 e. The minimum absolute atomic E-state index is 0.263. The topological polar surface area (TPSA) is 21.6 Å². The van der Waals surface area contributed by atoms with Gasteiger partial charge < -0.3 is 4.84 Å². The summed E-state index contributed by atoms with van der Waals surface area (Å²) in [6.07, 6.45) is 2.64. The lowest BCUT2D eigenvalue weighted by Crippen LogP contribution is -1.92. The van der Waals surface area contributed by atoms with E-state index in [-0.39, 0.29) is 12.4 Å². The van der Waals surface area contributed by atoms with Gasteiger partial charge in [0.05, 0.1) is 6.21 Å². The van der Waals surface area contributed by atoms with Crippen molar-refractivity contribution in [2.45, 2.75) is 20.0 Å². The molecule has 0 N–H and O–H groups in total. The Balaban J connectivity index is 1.93. The first kappa shape index (κ1) is 13.3. The van der Waals surface area contributed by atoms with Crippen molar-refractivity contribution >= 4 is 6.21 Å². The fourth-order valence-corrected chi connectivity index (χ4v) is 1.81. The molecule has 0 aliphatic heterocycles. The zero-order valence-corrected chi connectivity index (χ0v) is 10.8. The highest BCUT2D eigenvalue weighted by Crippen LogP contribution is 2.08. The van der Waals surface area contributed by atoms with E-state index in [1.54, 1.807) is 18.3 Å². The first-order valence-corrected chi connectivity index (χ1v) is 6.27. The molecule has 0 radical (unpaired) electrons. The molecule has 3 heteroatoms. The fourth-order valence-electron chi connectivity index (χ4n) is 1.81. The van der Waals surface area contributed by atoms with Crippen molar-refractivity contribution in [3.05, 3.63) is 71.0 Å². The molecule has 0 amide bonds. The normalized spacial score (nSPS) is 10.8. The minimum atomic E-state index is -0.263. The third-order valence-corrected chi connectivity index (χ3v) is 2.82. The van der Waals surface area contributed by atoms with Crippen LogP contribution in [0.4, 0.5) is 4.39 Å². The van der Waals surface area contributed by atoms with E-state index < -0.39 is 0 Å². The van der Waals surface area contributed by atoms with Crippen LogP contribution < -0.4 is 0 Å². The molecular formula is C16H16FNO. The molecule has 0 bridgehead atoms. The highest BCUT2D eigenvalue weighted by Gasteiger charge is 1.97. The van der Waals surface area contributed by atoms with E-state index in [1.807, 2.05) is 18.2 Å². The van der Waals surface area contributed by atoms with Gasteiger partial charge in [-0.3, -0.25) is 0 Å². The molecule has 2 nitrogen and oxygen atoms in total. The van der Waals surface area contributed by atoms with Crippen molar-refractivity contribution in [3.63, 3.8) is 0 Å². The second-order valence-corrected chi connectivity index (χ2v) is 4.19. The second-order valence-electron chi connectivity index (χ2n) is 4.19. The van der Waals surface area contributed by atoms with Gasteiger partial charge in [0.25, 0.3) is 0 Å². The monoisotopic (exact) mass is 257 g/mol. The summed E-state index contributed by atoms with van der Waals surface area (Å²) in [5, 5.41) is 3.93. The number of nitrogens with zero attached hydrogens (tertiary/aromatic N) is 1. The van der Waals surface area contributed by atoms with Gasteiger partial charge in [-0.15, -0.1) is 0 Å². The van der Waals surface area contributed by atoms with E-state index in [0.717, 1.165) is 17.5 Å². The van der Waals surface area contributed by atoms with Crippen molar-refractivity contribution in [2.75, 3.05) is 0 Å². The first-order valence-electron chi connectivity index (χ1n) is 6.27. The summed E-state index contributed by atoms with van der Waals surface area (Å²) in [5.74, 6) is -0.263. The van der Waals surface area contributed by atoms with Crippen LogP contribution in [-0.4, -0.2) is 6.21 Å². The van der Waals surface area contributed by atoms with E-state index in [1.165, 1.54) is 17.7 Å². The highest BCUT2D eigenvalue weighted by atomic mass is 19.1. The Morgan fingerprint density at radius 3 is 2.79 bits per heavy atom. The Morgan fingerprint density at radius 1 is 1.16 bits per heavy atom. The third kappa shape index (κ3) is 3.91. The molecule has 0 aliphatic rings. The lowest BCUT2D eigenvalue weighted by molar-refractivity contribution is 0.132. The lowest BCUT2D eigenvalue weighted by atomic mass is 10.1. The maximum atomic E-state index is 12.9. The van der Waals surface area contributed by atoms with Gasteiger partial charge in [0, 0.05) is 0 Å². The van der Waals surface area contributed by atoms with Gasteiger partial charge in [-0.2, -0.15) is 0 Å². The Hall–Kier alpha value is -2.16. The van der Waals surface area contributed by atoms with Crippen LogP contribution in [0.2, 0.25) is 0 Å². The predicted molar refractivity (Wildman–Crippen MR) is 74.6 cm³/mol. The van der Waals surface area contributed by atoms with Gasteiger partial charge in [-0.25, -0.2) is 4.39 Å². The van der Waals surface area contributed by atoms with Crippen LogP contribution in [0.5, 0.6) is 0 Å². The van der Waals surface area contributed by atoms with Crippen LogP contribution in [0.15, 0.2) is 53.7 Å². The molecule has 0 saturated heterocycles. The summed E-state index contributed by atoms with van der Waals surface area (Å²) in [7, 11) is 0. The first-order chi connectivity index (χ1) is 9.29. The number of aryl methyl sites for hydroxylation is 1. The summed E-state index contributed by atoms with van der Waals surface area (Å²) in [4.78, 5) is 5.18. The van der Waals surface area contributed by atoms with E-state index in [2.05, 4.69) is 18.1 Å². The molecule has 0 unspecified atom stereocenters. The SMILES string of the molecule is CCc1ccccc1C=NOCc1cccc(F)c1. The van der Waals surface area contributed by atoms with Crippen LogP contribution in [0.3, 0.4) is 0 Å². The number of halogens is 1. The van der Waals surface area contributed by atoms with Crippen LogP contribution in [0, 0.1) is 5.82 Å². The number of hydrogen-bond acceptors (Lipinski definition) is 2. The summed E-state index contributed by atoms with van der Waals surface area (Å²) in [6.45, 7) is 2.36. The smallest absolute Gasteiger partial charge is 0.142 e. The van der Waals surface area contributed by atoms with Crippen molar-refractivity contribution in [2.24, 2.45) is 5.16 Å². The Kier molecular flexibility index (Phi) is 4.67. The van der Waals surface area contributed by atoms with Crippen LogP contribution in [0.1, 0.15) is 23.6 Å². The van der Waals surface area contributed by atoms with Crippen molar-refractivity contribution in [1.82, 2.24) is 0 Å². The highest BCUT2D eigenvalue weighted by molar-refractivity contribution is 5.81. The molecule has 19 heavy (non-hydrogen) atoms. The van der Waals surface area contributed by atoms with E-state index in [4.69, 9.17) is 4.84 Å². The molecule has 98 valence electrons. The largest absolute Gasteiger partial charge is 0.391 e. The average Bonchev–Trinajstić information content (AvgIpc) is 2.44. The number of rotatable bonds is 5. The van der Waals surface area contributed by atoms with Crippen LogP contribution in [-0.2, 0) is 17.9 Å². The van der Waals surface area contributed by atoms with Crippen molar-refractivity contribution < 1.29 is 9.23 Å². The molecule has 0 saturated carbocycles. The van der Waals surface area contributed by atoms with Gasteiger partial charge in [-0.05, 0) is 35.2 Å². The number of hydrogen-bond donors (Lipinski definition) is 0. The minimum Gasteiger partial charge on any atom is -0.391 e. The Bertz CT molecular complexity index is 566. The quantitative estimate of drug-likeness (QED) is 0.587. The van der Waals surface area contributed by atoms with Crippen molar-refractivity contribution in [3.8, 4) is 0 Å². The van der Waals surface area contributed by atoms with Gasteiger partial charge >= 0.3 is 0 Å². The zero-order chi connectivity index (χ0) is 13.5. The summed E-state index contributed by atoms with van der Waals surface area (Å²) < 4.78 is 12.9. The molecular weight excluding hydrogens is 241 g/mol. The van der Waals surface area contributed by atoms with Gasteiger partial charge in [-0.1, -0.05) is 48.5 Å². The molecule has 0 atom stereocenters.